The normalized spacial score (nSPS) is 31.7. The zero-order valence-electron chi connectivity index (χ0n) is 15.1. The van der Waals surface area contributed by atoms with Crippen LogP contribution in [0.25, 0.3) is 0 Å². The van der Waals surface area contributed by atoms with Crippen LogP contribution in [0.4, 0.5) is 0 Å². The molecule has 1 aromatic rings. The fraction of sp³-hybridized carbons (Fsp3) is 0.619. The number of hydrogen-bond acceptors (Lipinski definition) is 4. The molecule has 4 bridgehead atoms. The van der Waals surface area contributed by atoms with Crippen LogP contribution in [0.15, 0.2) is 18.2 Å². The van der Waals surface area contributed by atoms with Crippen molar-refractivity contribution in [1.29, 1.82) is 0 Å². The molecule has 0 amide bonds. The average Bonchev–Trinajstić information content (AvgIpc) is 2.59. The van der Waals surface area contributed by atoms with Gasteiger partial charge in [-0.25, -0.2) is 4.79 Å². The highest BCUT2D eigenvalue weighted by Crippen LogP contribution is 2.60. The standard InChI is InChI=1S/C21H25ClO4/c1-13-4-17(2-3-18(13)22)25-12-20(24)26-11-19(23)21-8-14-5-15(9-21)7-16(6-14)10-21/h2-4,14-16H,5-12H2,1H3. The highest BCUT2D eigenvalue weighted by atomic mass is 35.5. The third-order valence-electron chi connectivity index (χ3n) is 6.48. The molecule has 4 nitrogen and oxygen atoms in total. The van der Waals surface area contributed by atoms with Crippen LogP contribution >= 0.6 is 11.6 Å². The van der Waals surface area contributed by atoms with Crippen LogP contribution < -0.4 is 4.74 Å². The van der Waals surface area contributed by atoms with E-state index in [1.54, 1.807) is 18.2 Å². The van der Waals surface area contributed by atoms with Crippen LogP contribution in [0.1, 0.15) is 44.1 Å². The molecule has 0 atom stereocenters. The molecule has 0 aliphatic heterocycles. The molecule has 4 fully saturated rings. The summed E-state index contributed by atoms with van der Waals surface area (Å²) in [6.45, 7) is 1.56. The third-order valence-corrected chi connectivity index (χ3v) is 6.90. The second-order valence-electron chi connectivity index (χ2n) is 8.48. The number of ketones is 1. The molecule has 4 aliphatic rings. The molecule has 140 valence electrons. The van der Waals surface area contributed by atoms with Crippen molar-refractivity contribution in [1.82, 2.24) is 0 Å². The highest BCUT2D eigenvalue weighted by Gasteiger charge is 2.54. The van der Waals surface area contributed by atoms with E-state index in [2.05, 4.69) is 0 Å². The van der Waals surface area contributed by atoms with Crippen molar-refractivity contribution >= 4 is 23.4 Å². The van der Waals surface area contributed by atoms with E-state index in [0.717, 1.165) is 24.8 Å². The number of benzene rings is 1. The lowest BCUT2D eigenvalue weighted by Crippen LogP contribution is -2.51. The van der Waals surface area contributed by atoms with Crippen LogP contribution in [-0.2, 0) is 14.3 Å². The van der Waals surface area contributed by atoms with Gasteiger partial charge in [0.2, 0.25) is 0 Å². The molecule has 0 saturated heterocycles. The molecular formula is C21H25ClO4. The predicted octanol–water partition coefficient (Wildman–Crippen LogP) is 4.36. The van der Waals surface area contributed by atoms with Crippen molar-refractivity contribution in [3.63, 3.8) is 0 Å². The van der Waals surface area contributed by atoms with E-state index >= 15 is 0 Å². The maximum Gasteiger partial charge on any atom is 0.344 e. The minimum atomic E-state index is -0.504. The topological polar surface area (TPSA) is 52.6 Å². The van der Waals surface area contributed by atoms with Gasteiger partial charge in [0.1, 0.15) is 5.75 Å². The highest BCUT2D eigenvalue weighted by molar-refractivity contribution is 6.31. The lowest BCUT2D eigenvalue weighted by molar-refractivity contribution is -0.158. The van der Waals surface area contributed by atoms with E-state index < -0.39 is 5.97 Å². The number of aryl methyl sites for hydroxylation is 1. The molecule has 4 aliphatic carbocycles. The molecule has 0 radical (unpaired) electrons. The molecular weight excluding hydrogens is 352 g/mol. The van der Waals surface area contributed by atoms with Crippen LogP contribution in [0, 0.1) is 30.1 Å². The largest absolute Gasteiger partial charge is 0.482 e. The van der Waals surface area contributed by atoms with Gasteiger partial charge in [-0.3, -0.25) is 4.79 Å². The Morgan fingerprint density at radius 1 is 1.08 bits per heavy atom. The lowest BCUT2D eigenvalue weighted by atomic mass is 9.48. The fourth-order valence-corrected chi connectivity index (χ4v) is 5.76. The van der Waals surface area contributed by atoms with Gasteiger partial charge in [0, 0.05) is 10.4 Å². The molecule has 5 rings (SSSR count). The zero-order valence-corrected chi connectivity index (χ0v) is 15.9. The average molecular weight is 377 g/mol. The summed E-state index contributed by atoms with van der Waals surface area (Å²) < 4.78 is 10.7. The molecule has 0 aromatic heterocycles. The molecule has 0 N–H and O–H groups in total. The predicted molar refractivity (Wildman–Crippen MR) is 98.3 cm³/mol. The van der Waals surface area contributed by atoms with Crippen molar-refractivity contribution in [2.45, 2.75) is 45.4 Å². The number of carbonyl (C=O) groups excluding carboxylic acids is 2. The summed E-state index contributed by atoms with van der Waals surface area (Å²) >= 11 is 5.97. The van der Waals surface area contributed by atoms with E-state index in [-0.39, 0.29) is 24.4 Å². The number of Topliss-reactive ketones (excluding diaryl/α,β-unsaturated/α-hetero) is 1. The summed E-state index contributed by atoms with van der Waals surface area (Å²) in [7, 11) is 0. The minimum absolute atomic E-state index is 0.117. The first-order valence-corrected chi connectivity index (χ1v) is 9.89. The second kappa shape index (κ2) is 6.88. The number of carbonyl (C=O) groups is 2. The van der Waals surface area contributed by atoms with Gasteiger partial charge in [0.15, 0.2) is 19.0 Å². The quantitative estimate of drug-likeness (QED) is 0.692. The molecule has 5 heteroatoms. The summed E-state index contributed by atoms with van der Waals surface area (Å²) in [6, 6.07) is 5.22. The van der Waals surface area contributed by atoms with Gasteiger partial charge in [-0.15, -0.1) is 0 Å². The van der Waals surface area contributed by atoms with Crippen molar-refractivity contribution in [2.75, 3.05) is 13.2 Å². The molecule has 4 saturated carbocycles. The van der Waals surface area contributed by atoms with Gasteiger partial charge in [-0.2, -0.15) is 0 Å². The first-order chi connectivity index (χ1) is 12.4. The number of ether oxygens (including phenoxy) is 2. The van der Waals surface area contributed by atoms with Crippen LogP contribution in [-0.4, -0.2) is 25.0 Å². The van der Waals surface area contributed by atoms with E-state index in [1.165, 1.54) is 19.3 Å². The number of halogens is 1. The SMILES string of the molecule is Cc1cc(OCC(=O)OCC(=O)C23CC4CC(CC(C4)C2)C3)ccc1Cl. The Morgan fingerprint density at radius 3 is 2.27 bits per heavy atom. The Morgan fingerprint density at radius 2 is 1.69 bits per heavy atom. The molecule has 0 heterocycles. The number of hydrogen-bond donors (Lipinski definition) is 0. The Balaban J connectivity index is 1.28. The minimum Gasteiger partial charge on any atom is -0.482 e. The second-order valence-corrected chi connectivity index (χ2v) is 8.89. The van der Waals surface area contributed by atoms with Gasteiger partial charge >= 0.3 is 5.97 Å². The van der Waals surface area contributed by atoms with E-state index in [1.807, 2.05) is 6.92 Å². The first kappa shape index (κ1) is 17.8. The summed E-state index contributed by atoms with van der Waals surface area (Å²) in [5.74, 6) is 2.30. The van der Waals surface area contributed by atoms with Crippen molar-refractivity contribution in [3.05, 3.63) is 28.8 Å². The molecule has 26 heavy (non-hydrogen) atoms. The van der Waals surface area contributed by atoms with E-state index in [9.17, 15) is 9.59 Å². The van der Waals surface area contributed by atoms with Crippen LogP contribution in [0.5, 0.6) is 5.75 Å². The van der Waals surface area contributed by atoms with Gasteiger partial charge in [0.25, 0.3) is 0 Å². The number of rotatable bonds is 6. The van der Waals surface area contributed by atoms with Gasteiger partial charge < -0.3 is 9.47 Å². The van der Waals surface area contributed by atoms with Crippen LogP contribution in [0.2, 0.25) is 5.02 Å². The van der Waals surface area contributed by atoms with Gasteiger partial charge in [-0.05, 0) is 87.0 Å². The first-order valence-electron chi connectivity index (χ1n) is 9.51. The molecule has 1 aromatic carbocycles. The Labute approximate surface area is 159 Å². The van der Waals surface area contributed by atoms with E-state index in [0.29, 0.717) is 28.5 Å². The summed E-state index contributed by atoms with van der Waals surface area (Å²) in [5, 5.41) is 0.654. The smallest absolute Gasteiger partial charge is 0.344 e. The van der Waals surface area contributed by atoms with Crippen molar-refractivity contribution in [2.24, 2.45) is 23.2 Å². The summed E-state index contributed by atoms with van der Waals surface area (Å²) in [4.78, 5) is 24.8. The Bertz CT molecular complexity index is 691. The summed E-state index contributed by atoms with van der Waals surface area (Å²) in [5.41, 5.74) is 0.665. The maximum atomic E-state index is 12.8. The summed E-state index contributed by atoms with van der Waals surface area (Å²) in [6.07, 6.45) is 6.86. The van der Waals surface area contributed by atoms with Gasteiger partial charge in [-0.1, -0.05) is 11.6 Å². The molecule has 0 spiro atoms. The van der Waals surface area contributed by atoms with E-state index in [4.69, 9.17) is 21.1 Å². The Kier molecular flexibility index (Phi) is 4.72. The van der Waals surface area contributed by atoms with Crippen molar-refractivity contribution < 1.29 is 19.1 Å². The lowest BCUT2D eigenvalue weighted by Gasteiger charge is -2.55. The monoisotopic (exact) mass is 376 g/mol. The number of esters is 1. The van der Waals surface area contributed by atoms with Crippen molar-refractivity contribution in [3.8, 4) is 5.75 Å². The maximum absolute atomic E-state index is 12.8. The molecule has 0 unspecified atom stereocenters. The Hall–Kier alpha value is -1.55. The fourth-order valence-electron chi connectivity index (χ4n) is 5.64. The third kappa shape index (κ3) is 3.48. The zero-order chi connectivity index (χ0) is 18.3. The van der Waals surface area contributed by atoms with Crippen LogP contribution in [0.3, 0.4) is 0 Å². The van der Waals surface area contributed by atoms with Gasteiger partial charge in [0.05, 0.1) is 0 Å².